The molecule has 34 heavy (non-hydrogen) atoms. The zero-order chi connectivity index (χ0) is 24.8. The minimum Gasteiger partial charge on any atom is -0.493 e. The van der Waals surface area contributed by atoms with Gasteiger partial charge in [-0.05, 0) is 49.2 Å². The van der Waals surface area contributed by atoms with Crippen molar-refractivity contribution in [3.63, 3.8) is 0 Å². The number of aromatic nitrogens is 2. The Morgan fingerprint density at radius 1 is 1.06 bits per heavy atom. The zero-order valence-electron chi connectivity index (χ0n) is 19.8. The van der Waals surface area contributed by atoms with Crippen LogP contribution in [0.1, 0.15) is 27.7 Å². The Balaban J connectivity index is 1.97. The van der Waals surface area contributed by atoms with E-state index in [1.165, 1.54) is 0 Å². The molecule has 3 rings (SSSR count). The van der Waals surface area contributed by atoms with E-state index in [-0.39, 0.29) is 29.9 Å². The number of H-pyrrole nitrogens is 1. The molecule has 180 valence electrons. The first kappa shape index (κ1) is 24.6. The van der Waals surface area contributed by atoms with Gasteiger partial charge >= 0.3 is 5.97 Å². The fourth-order valence-electron chi connectivity index (χ4n) is 3.38. The van der Waals surface area contributed by atoms with E-state index >= 15 is 0 Å². The molecule has 0 aliphatic carbocycles. The number of carbonyl (C=O) groups is 1. The van der Waals surface area contributed by atoms with Crippen molar-refractivity contribution < 1.29 is 19.0 Å². The van der Waals surface area contributed by atoms with E-state index < -0.39 is 17.6 Å². The van der Waals surface area contributed by atoms with Crippen molar-refractivity contribution in [3.05, 3.63) is 52.8 Å². The highest BCUT2D eigenvalue weighted by molar-refractivity contribution is 5.77. The van der Waals surface area contributed by atoms with Crippen LogP contribution >= 0.6 is 0 Å². The van der Waals surface area contributed by atoms with Crippen molar-refractivity contribution in [2.75, 3.05) is 24.7 Å². The number of esters is 1. The van der Waals surface area contributed by atoms with Crippen LogP contribution in [0.15, 0.2) is 47.3 Å². The lowest BCUT2D eigenvalue weighted by atomic mass is 10.0. The molecule has 2 aromatic carbocycles. The predicted octanol–water partition coefficient (Wildman–Crippen LogP) is 3.63. The Labute approximate surface area is 198 Å². The second-order valence-electron chi connectivity index (χ2n) is 7.92. The molecule has 1 atom stereocenters. The van der Waals surface area contributed by atoms with Crippen LogP contribution in [-0.4, -0.2) is 35.3 Å². The fraction of sp³-hybridized carbons (Fsp3) is 0.320. The lowest BCUT2D eigenvalue weighted by molar-refractivity contribution is -0.153. The Hall–Kier alpha value is -4.01. The quantitative estimate of drug-likeness (QED) is 0.406. The SMILES string of the molecule is CCOC(=O)C(Oc1cccc(-c2ccc(-c3nc(N)c(N)c(=O)[nH]3)c(OCC)c2)c1)C(C)C. The number of aromatic amines is 1. The molecule has 0 amide bonds. The maximum atomic E-state index is 12.3. The van der Waals surface area contributed by atoms with Crippen LogP contribution in [0, 0.1) is 5.92 Å². The molecule has 0 aliphatic heterocycles. The lowest BCUT2D eigenvalue weighted by Crippen LogP contribution is -2.34. The van der Waals surface area contributed by atoms with Crippen molar-refractivity contribution in [1.29, 1.82) is 0 Å². The number of hydrogen-bond donors (Lipinski definition) is 3. The largest absolute Gasteiger partial charge is 0.493 e. The summed E-state index contributed by atoms with van der Waals surface area (Å²) in [5, 5.41) is 0. The average Bonchev–Trinajstić information content (AvgIpc) is 2.81. The Bertz CT molecular complexity index is 1220. The molecule has 5 N–H and O–H groups in total. The fourth-order valence-corrected chi connectivity index (χ4v) is 3.38. The first-order valence-corrected chi connectivity index (χ1v) is 11.1. The first-order valence-electron chi connectivity index (χ1n) is 11.1. The summed E-state index contributed by atoms with van der Waals surface area (Å²) in [4.78, 5) is 31.2. The zero-order valence-corrected chi connectivity index (χ0v) is 19.8. The maximum absolute atomic E-state index is 12.3. The van der Waals surface area contributed by atoms with Gasteiger partial charge in [-0.2, -0.15) is 0 Å². The highest BCUT2D eigenvalue weighted by atomic mass is 16.6. The molecular weight excluding hydrogens is 436 g/mol. The Morgan fingerprint density at radius 2 is 1.79 bits per heavy atom. The molecule has 0 bridgehead atoms. The minimum atomic E-state index is -0.713. The van der Waals surface area contributed by atoms with E-state index in [4.69, 9.17) is 25.7 Å². The standard InChI is InChI=1S/C25H30N4O5/c1-5-32-19-13-16(10-11-18(19)23-28-22(27)20(26)24(30)29-23)15-8-7-9-17(12-15)34-21(14(3)4)25(31)33-6-2/h7-14,21H,5-6,26H2,1-4H3,(H3,27,28,29,30). The van der Waals surface area contributed by atoms with E-state index in [2.05, 4.69) is 9.97 Å². The normalized spacial score (nSPS) is 11.8. The molecule has 0 aliphatic rings. The lowest BCUT2D eigenvalue weighted by Gasteiger charge is -2.21. The summed E-state index contributed by atoms with van der Waals surface area (Å²) >= 11 is 0. The highest BCUT2D eigenvalue weighted by Gasteiger charge is 2.25. The summed E-state index contributed by atoms with van der Waals surface area (Å²) < 4.78 is 16.9. The van der Waals surface area contributed by atoms with Crippen LogP contribution in [0.2, 0.25) is 0 Å². The molecule has 0 spiro atoms. The van der Waals surface area contributed by atoms with Gasteiger partial charge in [-0.25, -0.2) is 9.78 Å². The number of hydrogen-bond acceptors (Lipinski definition) is 8. The number of rotatable bonds is 9. The average molecular weight is 467 g/mol. The highest BCUT2D eigenvalue weighted by Crippen LogP contribution is 2.34. The first-order chi connectivity index (χ1) is 16.2. The van der Waals surface area contributed by atoms with Gasteiger partial charge in [-0.3, -0.25) is 4.79 Å². The number of benzene rings is 2. The third-order valence-electron chi connectivity index (χ3n) is 5.08. The Morgan fingerprint density at radius 3 is 2.44 bits per heavy atom. The molecular formula is C25H30N4O5. The summed E-state index contributed by atoms with van der Waals surface area (Å²) in [6, 6.07) is 12.9. The second kappa shape index (κ2) is 10.7. The summed E-state index contributed by atoms with van der Waals surface area (Å²) in [7, 11) is 0. The van der Waals surface area contributed by atoms with E-state index in [0.29, 0.717) is 23.7 Å². The van der Waals surface area contributed by atoms with E-state index in [9.17, 15) is 9.59 Å². The minimum absolute atomic E-state index is 0.0450. The smallest absolute Gasteiger partial charge is 0.347 e. The van der Waals surface area contributed by atoms with Crippen LogP contribution in [0.4, 0.5) is 11.5 Å². The topological polar surface area (TPSA) is 143 Å². The van der Waals surface area contributed by atoms with E-state index in [0.717, 1.165) is 11.1 Å². The molecule has 0 fully saturated rings. The molecule has 1 aromatic heterocycles. The van der Waals surface area contributed by atoms with Crippen molar-refractivity contribution in [2.24, 2.45) is 5.92 Å². The van der Waals surface area contributed by atoms with Gasteiger partial charge < -0.3 is 30.7 Å². The van der Waals surface area contributed by atoms with E-state index in [1.54, 1.807) is 19.1 Å². The van der Waals surface area contributed by atoms with Crippen molar-refractivity contribution in [1.82, 2.24) is 9.97 Å². The monoisotopic (exact) mass is 466 g/mol. The van der Waals surface area contributed by atoms with Crippen molar-refractivity contribution >= 4 is 17.5 Å². The summed E-state index contributed by atoms with van der Waals surface area (Å²) in [5.41, 5.74) is 13.0. The molecule has 0 saturated carbocycles. The second-order valence-corrected chi connectivity index (χ2v) is 7.92. The number of anilines is 2. The van der Waals surface area contributed by atoms with Gasteiger partial charge in [0.15, 0.2) is 11.9 Å². The number of nitrogens with zero attached hydrogens (tertiary/aromatic N) is 1. The van der Waals surface area contributed by atoms with Crippen molar-refractivity contribution in [2.45, 2.75) is 33.8 Å². The molecule has 0 radical (unpaired) electrons. The van der Waals surface area contributed by atoms with Gasteiger partial charge in [0.05, 0.1) is 18.8 Å². The van der Waals surface area contributed by atoms with Gasteiger partial charge in [0, 0.05) is 5.92 Å². The van der Waals surface area contributed by atoms with Crippen LogP contribution in [0.25, 0.3) is 22.5 Å². The van der Waals surface area contributed by atoms with Gasteiger partial charge in [0.1, 0.15) is 23.0 Å². The molecule has 0 saturated heterocycles. The maximum Gasteiger partial charge on any atom is 0.347 e. The number of carbonyl (C=O) groups excluding carboxylic acids is 1. The molecule has 9 nitrogen and oxygen atoms in total. The van der Waals surface area contributed by atoms with Gasteiger partial charge in [0.25, 0.3) is 5.56 Å². The van der Waals surface area contributed by atoms with Crippen LogP contribution in [0.3, 0.4) is 0 Å². The predicted molar refractivity (Wildman–Crippen MR) is 132 cm³/mol. The number of ether oxygens (including phenoxy) is 3. The molecule has 1 heterocycles. The summed E-state index contributed by atoms with van der Waals surface area (Å²) in [6.07, 6.45) is -0.713. The molecule has 1 unspecified atom stereocenters. The van der Waals surface area contributed by atoms with Gasteiger partial charge in [0.2, 0.25) is 0 Å². The number of nitrogens with two attached hydrogens (primary N) is 2. The van der Waals surface area contributed by atoms with Crippen molar-refractivity contribution in [3.8, 4) is 34.0 Å². The summed E-state index contributed by atoms with van der Waals surface area (Å²) in [5.74, 6) is 0.826. The third kappa shape index (κ3) is 5.48. The van der Waals surface area contributed by atoms with E-state index in [1.807, 2.05) is 51.1 Å². The Kier molecular flexibility index (Phi) is 7.78. The van der Waals surface area contributed by atoms with Crippen LogP contribution < -0.4 is 26.5 Å². The summed E-state index contributed by atoms with van der Waals surface area (Å²) in [6.45, 7) is 8.13. The van der Waals surface area contributed by atoms with Gasteiger partial charge in [-0.1, -0.05) is 32.0 Å². The third-order valence-corrected chi connectivity index (χ3v) is 5.08. The molecule has 3 aromatic rings. The van der Waals surface area contributed by atoms with Crippen LogP contribution in [-0.2, 0) is 9.53 Å². The van der Waals surface area contributed by atoms with Gasteiger partial charge in [-0.15, -0.1) is 0 Å². The molecule has 9 heteroatoms. The number of nitrogen functional groups attached to an aromatic ring is 2. The number of nitrogens with one attached hydrogen (secondary N) is 1. The van der Waals surface area contributed by atoms with Crippen LogP contribution in [0.5, 0.6) is 11.5 Å².